The van der Waals surface area contributed by atoms with Crippen LogP contribution in [0.15, 0.2) is 6.20 Å². The van der Waals surface area contributed by atoms with Crippen LogP contribution in [-0.4, -0.2) is 33.1 Å². The van der Waals surface area contributed by atoms with Crippen molar-refractivity contribution >= 4 is 11.9 Å². The Balaban J connectivity index is 1.76. The molecule has 0 radical (unpaired) electrons. The first-order valence-corrected chi connectivity index (χ1v) is 8.72. The van der Waals surface area contributed by atoms with Gasteiger partial charge in [-0.2, -0.15) is 0 Å². The van der Waals surface area contributed by atoms with Gasteiger partial charge in [-0.05, 0) is 50.9 Å². The molecule has 1 unspecified atom stereocenters. The molecule has 4 N–H and O–H groups in total. The van der Waals surface area contributed by atoms with E-state index in [2.05, 4.69) is 15.3 Å². The fourth-order valence-corrected chi connectivity index (χ4v) is 3.48. The number of nitrogens with zero attached hydrogens (tertiary/aromatic N) is 2. The summed E-state index contributed by atoms with van der Waals surface area (Å²) in [5.41, 5.74) is 6.60. The second-order valence-corrected chi connectivity index (χ2v) is 6.93. The van der Waals surface area contributed by atoms with Crippen LogP contribution in [0.5, 0.6) is 0 Å². The maximum atomic E-state index is 11.7. The molecule has 2 saturated carbocycles. The van der Waals surface area contributed by atoms with Crippen molar-refractivity contribution in [1.29, 1.82) is 0 Å². The van der Waals surface area contributed by atoms with E-state index in [0.717, 1.165) is 44.9 Å². The third-order valence-corrected chi connectivity index (χ3v) is 5.06. The number of carbonyl (C=O) groups excluding carboxylic acids is 1. The Morgan fingerprint density at radius 1 is 1.26 bits per heavy atom. The third-order valence-electron chi connectivity index (χ3n) is 5.06. The summed E-state index contributed by atoms with van der Waals surface area (Å²) in [7, 11) is 0. The van der Waals surface area contributed by atoms with Crippen LogP contribution in [0.1, 0.15) is 67.4 Å². The molecule has 2 aliphatic rings. The van der Waals surface area contributed by atoms with Crippen molar-refractivity contribution in [1.82, 2.24) is 9.97 Å². The number of primary amides is 1. The normalized spacial score (nSPS) is 25.4. The molecule has 2 atom stereocenters. The van der Waals surface area contributed by atoms with Crippen molar-refractivity contribution in [3.63, 3.8) is 0 Å². The number of carbonyl (C=O) groups is 1. The van der Waals surface area contributed by atoms with E-state index in [4.69, 9.17) is 5.73 Å². The quantitative estimate of drug-likeness (QED) is 0.721. The summed E-state index contributed by atoms with van der Waals surface area (Å²) in [6.45, 7) is 0. The van der Waals surface area contributed by atoms with Crippen molar-refractivity contribution in [2.45, 2.75) is 69.9 Å². The lowest BCUT2D eigenvalue weighted by Crippen LogP contribution is -2.28. The maximum Gasteiger partial charge on any atom is 0.252 e. The van der Waals surface area contributed by atoms with Gasteiger partial charge in [0, 0.05) is 12.2 Å². The van der Waals surface area contributed by atoms with Gasteiger partial charge in [-0.3, -0.25) is 4.79 Å². The largest absolute Gasteiger partial charge is 0.393 e. The third kappa shape index (κ3) is 4.19. The van der Waals surface area contributed by atoms with Gasteiger partial charge in [0.15, 0.2) is 0 Å². The summed E-state index contributed by atoms with van der Waals surface area (Å²) >= 11 is 0. The average Bonchev–Trinajstić information content (AvgIpc) is 2.67. The predicted molar refractivity (Wildman–Crippen MR) is 88.1 cm³/mol. The van der Waals surface area contributed by atoms with Crippen LogP contribution >= 0.6 is 0 Å². The summed E-state index contributed by atoms with van der Waals surface area (Å²) in [4.78, 5) is 20.5. The smallest absolute Gasteiger partial charge is 0.252 e. The highest BCUT2D eigenvalue weighted by molar-refractivity contribution is 5.93. The van der Waals surface area contributed by atoms with Gasteiger partial charge in [0.05, 0.1) is 17.4 Å². The van der Waals surface area contributed by atoms with Crippen LogP contribution in [0.25, 0.3) is 0 Å². The first-order chi connectivity index (χ1) is 11.1. The lowest BCUT2D eigenvalue weighted by Gasteiger charge is -2.26. The molecular weight excluding hydrogens is 292 g/mol. The maximum absolute atomic E-state index is 11.7. The molecule has 1 aromatic heterocycles. The van der Waals surface area contributed by atoms with Crippen molar-refractivity contribution in [3.05, 3.63) is 17.5 Å². The standard InChI is InChI=1S/C17H26N4O2/c18-16(23)14-10-19-17(20-12-5-3-6-12)21-15(14)9-11-4-1-2-7-13(22)8-11/h10-13,22H,1-9H2,(H2,18,23)(H,19,20,21)/t11?,13-/m0/s1. The Labute approximate surface area is 136 Å². The average molecular weight is 318 g/mol. The fraction of sp³-hybridized carbons (Fsp3) is 0.706. The molecule has 2 fully saturated rings. The first-order valence-electron chi connectivity index (χ1n) is 8.72. The van der Waals surface area contributed by atoms with Gasteiger partial charge in [0.1, 0.15) is 0 Å². The lowest BCUT2D eigenvalue weighted by molar-refractivity contribution is 0.0998. The number of aliphatic hydroxyl groups excluding tert-OH is 1. The molecule has 0 saturated heterocycles. The number of aromatic nitrogens is 2. The molecule has 0 aromatic carbocycles. The van der Waals surface area contributed by atoms with Crippen LogP contribution in [-0.2, 0) is 6.42 Å². The van der Waals surface area contributed by atoms with E-state index in [-0.39, 0.29) is 6.10 Å². The van der Waals surface area contributed by atoms with Gasteiger partial charge >= 0.3 is 0 Å². The number of anilines is 1. The molecule has 1 amide bonds. The van der Waals surface area contributed by atoms with Crippen molar-refractivity contribution in [2.75, 3.05) is 5.32 Å². The van der Waals surface area contributed by atoms with E-state index < -0.39 is 5.91 Å². The van der Waals surface area contributed by atoms with E-state index in [1.807, 2.05) is 0 Å². The van der Waals surface area contributed by atoms with Crippen LogP contribution in [0.3, 0.4) is 0 Å². The van der Waals surface area contributed by atoms with E-state index in [1.54, 1.807) is 6.20 Å². The Morgan fingerprint density at radius 3 is 2.74 bits per heavy atom. The highest BCUT2D eigenvalue weighted by atomic mass is 16.3. The summed E-state index contributed by atoms with van der Waals surface area (Å²) in [5, 5.41) is 13.3. The van der Waals surface area contributed by atoms with Gasteiger partial charge in [0.25, 0.3) is 5.91 Å². The van der Waals surface area contributed by atoms with Crippen LogP contribution < -0.4 is 11.1 Å². The SMILES string of the molecule is NC(=O)c1cnc(NC2CCC2)nc1CC1CCCC[C@H](O)C1. The summed E-state index contributed by atoms with van der Waals surface area (Å²) in [5.74, 6) is 0.449. The predicted octanol–water partition coefficient (Wildman–Crippen LogP) is 2.02. The van der Waals surface area contributed by atoms with Crippen LogP contribution in [0.2, 0.25) is 0 Å². The molecule has 23 heavy (non-hydrogen) atoms. The number of rotatable bonds is 5. The van der Waals surface area contributed by atoms with Gasteiger partial charge in [-0.25, -0.2) is 9.97 Å². The minimum absolute atomic E-state index is 0.242. The number of nitrogens with one attached hydrogen (secondary N) is 1. The van der Waals surface area contributed by atoms with Crippen molar-refractivity contribution in [3.8, 4) is 0 Å². The number of amides is 1. The van der Waals surface area contributed by atoms with Crippen molar-refractivity contribution in [2.24, 2.45) is 11.7 Å². The molecule has 0 spiro atoms. The van der Waals surface area contributed by atoms with E-state index in [0.29, 0.717) is 35.6 Å². The molecule has 126 valence electrons. The molecule has 6 heteroatoms. The van der Waals surface area contributed by atoms with Crippen molar-refractivity contribution < 1.29 is 9.90 Å². The molecule has 1 aromatic rings. The van der Waals surface area contributed by atoms with Crippen LogP contribution in [0, 0.1) is 5.92 Å². The van der Waals surface area contributed by atoms with Gasteiger partial charge in [0.2, 0.25) is 5.95 Å². The molecule has 6 nitrogen and oxygen atoms in total. The second kappa shape index (κ2) is 7.25. The molecular formula is C17H26N4O2. The molecule has 0 aliphatic heterocycles. The highest BCUT2D eigenvalue weighted by Crippen LogP contribution is 2.27. The Bertz CT molecular complexity index is 560. The van der Waals surface area contributed by atoms with Gasteiger partial charge in [-0.15, -0.1) is 0 Å². The number of nitrogens with two attached hydrogens (primary N) is 1. The fourth-order valence-electron chi connectivity index (χ4n) is 3.48. The Hall–Kier alpha value is -1.69. The number of hydrogen-bond donors (Lipinski definition) is 3. The lowest BCUT2D eigenvalue weighted by atomic mass is 9.92. The zero-order valence-corrected chi connectivity index (χ0v) is 13.5. The zero-order chi connectivity index (χ0) is 16.2. The zero-order valence-electron chi connectivity index (χ0n) is 13.5. The number of aliphatic hydroxyl groups is 1. The van der Waals surface area contributed by atoms with Gasteiger partial charge < -0.3 is 16.2 Å². The van der Waals surface area contributed by atoms with Gasteiger partial charge in [-0.1, -0.05) is 12.8 Å². The Morgan fingerprint density at radius 2 is 2.04 bits per heavy atom. The Kier molecular flexibility index (Phi) is 5.10. The first kappa shape index (κ1) is 16.2. The van der Waals surface area contributed by atoms with E-state index in [1.165, 1.54) is 6.42 Å². The minimum atomic E-state index is -0.482. The molecule has 2 aliphatic carbocycles. The van der Waals surface area contributed by atoms with Crippen LogP contribution in [0.4, 0.5) is 5.95 Å². The minimum Gasteiger partial charge on any atom is -0.393 e. The monoisotopic (exact) mass is 318 g/mol. The molecule has 0 bridgehead atoms. The summed E-state index contributed by atoms with van der Waals surface area (Å²) in [6.07, 6.45) is 10.4. The second-order valence-electron chi connectivity index (χ2n) is 6.93. The molecule has 1 heterocycles. The van der Waals surface area contributed by atoms with E-state index in [9.17, 15) is 9.90 Å². The topological polar surface area (TPSA) is 101 Å². The highest BCUT2D eigenvalue weighted by Gasteiger charge is 2.23. The molecule has 3 rings (SSSR count). The van der Waals surface area contributed by atoms with E-state index >= 15 is 0 Å². The number of hydrogen-bond acceptors (Lipinski definition) is 5. The summed E-state index contributed by atoms with van der Waals surface area (Å²) < 4.78 is 0. The summed E-state index contributed by atoms with van der Waals surface area (Å²) in [6, 6.07) is 0.446.